The van der Waals surface area contributed by atoms with Crippen LogP contribution in [-0.4, -0.2) is 73.4 Å². The van der Waals surface area contributed by atoms with Crippen LogP contribution in [0.3, 0.4) is 0 Å². The van der Waals surface area contributed by atoms with Gasteiger partial charge in [0.1, 0.15) is 13.2 Å². The van der Waals surface area contributed by atoms with E-state index >= 15 is 0 Å². The Hall–Kier alpha value is -2.32. The number of rotatable bonds is 71. The van der Waals surface area contributed by atoms with Crippen LogP contribution in [0.5, 0.6) is 0 Å². The number of hydrogen-bond acceptors (Lipinski definition) is 5. The number of allylic oxidation sites excluding steroid dienone is 13. The van der Waals surface area contributed by atoms with Gasteiger partial charge in [-0.05, 0) is 83.5 Å². The number of likely N-dealkylation sites (N-methyl/N-ethyl adjacent to an activating group) is 1. The van der Waals surface area contributed by atoms with Gasteiger partial charge >= 0.3 is 7.82 Å². The van der Waals surface area contributed by atoms with Gasteiger partial charge in [0, 0.05) is 6.42 Å². The normalized spacial score (nSPS) is 14.0. The summed E-state index contributed by atoms with van der Waals surface area (Å²) in [6.45, 7) is 4.72. The highest BCUT2D eigenvalue weighted by molar-refractivity contribution is 7.47. The SMILES string of the molecule is CC/C=C\C/C=C\C/C=C\C/C=C\CCCCCCCCCCCCCCCCCCCCCCCCCCC(=O)NC(COP(=O)(O)OCC[N+](C)(C)C)C(O)/C=C/CC/C=C/CC/C=C/CCCCCCCCCCCCCCCCCCCCCC. The minimum Gasteiger partial charge on any atom is -0.387 e. The van der Waals surface area contributed by atoms with E-state index in [1.165, 1.54) is 276 Å². The fourth-order valence-electron chi connectivity index (χ4n) is 11.4. The zero-order chi connectivity index (χ0) is 64.8. The van der Waals surface area contributed by atoms with E-state index in [0.29, 0.717) is 17.4 Å². The molecule has 0 radical (unpaired) electrons. The summed E-state index contributed by atoms with van der Waals surface area (Å²) >= 11 is 0. The Kier molecular flexibility index (Phi) is 68.2. The third-order valence-corrected chi connectivity index (χ3v) is 18.3. The molecule has 8 nitrogen and oxygen atoms in total. The van der Waals surface area contributed by atoms with Gasteiger partial charge in [-0.2, -0.15) is 0 Å². The Morgan fingerprint density at radius 2 is 0.685 bits per heavy atom. The molecule has 3 atom stereocenters. The van der Waals surface area contributed by atoms with Crippen molar-refractivity contribution < 1.29 is 32.9 Å². The third kappa shape index (κ3) is 73.0. The van der Waals surface area contributed by atoms with Crippen molar-refractivity contribution in [2.75, 3.05) is 40.9 Å². The second-order valence-corrected chi connectivity index (χ2v) is 28.8. The lowest BCUT2D eigenvalue weighted by atomic mass is 10.0. The van der Waals surface area contributed by atoms with Crippen LogP contribution >= 0.6 is 7.82 Å². The van der Waals surface area contributed by atoms with Gasteiger partial charge in [-0.25, -0.2) is 4.57 Å². The molecule has 89 heavy (non-hydrogen) atoms. The third-order valence-electron chi connectivity index (χ3n) is 17.3. The number of aliphatic hydroxyl groups is 1. The fraction of sp³-hybridized carbons (Fsp3) is 0.812. The highest BCUT2D eigenvalue weighted by Crippen LogP contribution is 2.43. The van der Waals surface area contributed by atoms with Crippen LogP contribution in [0.15, 0.2) is 85.1 Å². The molecule has 0 aliphatic rings. The molecule has 1 amide bonds. The Morgan fingerprint density at radius 3 is 1.03 bits per heavy atom. The van der Waals surface area contributed by atoms with E-state index in [-0.39, 0.29) is 19.1 Å². The number of carbonyl (C=O) groups is 1. The Bertz CT molecular complexity index is 1730. The summed E-state index contributed by atoms with van der Waals surface area (Å²) in [6.07, 6.45) is 101. The number of nitrogens with one attached hydrogen (secondary N) is 1. The van der Waals surface area contributed by atoms with Gasteiger partial charge in [-0.1, -0.05) is 362 Å². The molecule has 0 saturated carbocycles. The molecular formula is C80H150N2O6P+. The minimum atomic E-state index is -4.37. The van der Waals surface area contributed by atoms with Crippen molar-refractivity contribution in [1.29, 1.82) is 0 Å². The molecular weight excluding hydrogens is 1120 g/mol. The van der Waals surface area contributed by atoms with E-state index in [1.807, 2.05) is 27.2 Å². The largest absolute Gasteiger partial charge is 0.472 e. The van der Waals surface area contributed by atoms with Gasteiger partial charge in [0.05, 0.1) is 39.9 Å². The molecule has 3 unspecified atom stereocenters. The van der Waals surface area contributed by atoms with Crippen molar-refractivity contribution in [1.82, 2.24) is 5.32 Å². The highest BCUT2D eigenvalue weighted by Gasteiger charge is 2.28. The van der Waals surface area contributed by atoms with E-state index < -0.39 is 20.0 Å². The van der Waals surface area contributed by atoms with Crippen molar-refractivity contribution in [3.8, 4) is 0 Å². The van der Waals surface area contributed by atoms with E-state index in [9.17, 15) is 19.4 Å². The summed E-state index contributed by atoms with van der Waals surface area (Å²) in [4.78, 5) is 23.5. The average molecular weight is 1270 g/mol. The second kappa shape index (κ2) is 70.0. The smallest absolute Gasteiger partial charge is 0.387 e. The number of quaternary nitrogens is 1. The Balaban J connectivity index is 4.03. The Morgan fingerprint density at radius 1 is 0.393 bits per heavy atom. The lowest BCUT2D eigenvalue weighted by Crippen LogP contribution is -2.45. The zero-order valence-electron chi connectivity index (χ0n) is 59.7. The quantitative estimate of drug-likeness (QED) is 0.0243. The topological polar surface area (TPSA) is 105 Å². The van der Waals surface area contributed by atoms with Gasteiger partial charge in [0.2, 0.25) is 5.91 Å². The van der Waals surface area contributed by atoms with E-state index in [4.69, 9.17) is 9.05 Å². The molecule has 0 saturated heterocycles. The van der Waals surface area contributed by atoms with Crippen LogP contribution in [0.1, 0.15) is 367 Å². The van der Waals surface area contributed by atoms with Crippen molar-refractivity contribution >= 4 is 13.7 Å². The average Bonchev–Trinajstić information content (AvgIpc) is 3.57. The molecule has 0 aromatic rings. The number of aliphatic hydroxyl groups excluding tert-OH is 1. The number of phosphoric acid groups is 1. The first-order valence-electron chi connectivity index (χ1n) is 38.5. The molecule has 0 spiro atoms. The van der Waals surface area contributed by atoms with Crippen LogP contribution in [-0.2, 0) is 18.4 Å². The predicted molar refractivity (Wildman–Crippen MR) is 392 cm³/mol. The maximum Gasteiger partial charge on any atom is 0.472 e. The second-order valence-electron chi connectivity index (χ2n) is 27.3. The highest BCUT2D eigenvalue weighted by atomic mass is 31.2. The first-order chi connectivity index (χ1) is 43.5. The summed E-state index contributed by atoms with van der Waals surface area (Å²) in [5, 5.41) is 14.0. The summed E-state index contributed by atoms with van der Waals surface area (Å²) < 4.78 is 23.8. The van der Waals surface area contributed by atoms with Crippen LogP contribution in [0, 0.1) is 0 Å². The molecule has 3 N–H and O–H groups in total. The minimum absolute atomic E-state index is 0.0530. The van der Waals surface area contributed by atoms with Crippen molar-refractivity contribution in [2.24, 2.45) is 0 Å². The number of phosphoric ester groups is 1. The molecule has 0 aliphatic carbocycles. The van der Waals surface area contributed by atoms with Crippen LogP contribution in [0.4, 0.5) is 0 Å². The lowest BCUT2D eigenvalue weighted by Gasteiger charge is -2.25. The Labute approximate surface area is 554 Å². The molecule has 0 rings (SSSR count). The summed E-state index contributed by atoms with van der Waals surface area (Å²) in [7, 11) is 1.56. The van der Waals surface area contributed by atoms with Crippen molar-refractivity contribution in [2.45, 2.75) is 379 Å². The molecule has 520 valence electrons. The molecule has 0 aliphatic heterocycles. The fourth-order valence-corrected chi connectivity index (χ4v) is 12.2. The van der Waals surface area contributed by atoms with Crippen LogP contribution in [0.25, 0.3) is 0 Å². The molecule has 0 fully saturated rings. The number of amides is 1. The first-order valence-corrected chi connectivity index (χ1v) is 40.0. The van der Waals surface area contributed by atoms with E-state index in [0.717, 1.165) is 70.6 Å². The number of unbranched alkanes of at least 4 members (excludes halogenated alkanes) is 46. The molecule has 0 bridgehead atoms. The molecule has 0 heterocycles. The zero-order valence-corrected chi connectivity index (χ0v) is 60.6. The lowest BCUT2D eigenvalue weighted by molar-refractivity contribution is -0.870. The van der Waals surface area contributed by atoms with Gasteiger partial charge in [-0.15, -0.1) is 0 Å². The summed E-state index contributed by atoms with van der Waals surface area (Å²) in [6, 6.07) is -0.874. The van der Waals surface area contributed by atoms with Crippen LogP contribution in [0.2, 0.25) is 0 Å². The number of carbonyl (C=O) groups excluding carboxylic acids is 1. The summed E-state index contributed by atoms with van der Waals surface area (Å²) in [5.41, 5.74) is 0. The standard InChI is InChI=1S/C80H149N2O6P/c1-6-8-10-12-14-16-18-20-22-24-26-28-30-32-34-36-38-39-40-41-42-43-44-46-48-50-52-54-56-58-60-62-64-66-68-70-72-74-80(84)81-78(77-88-89(85,86)87-76-75-82(3,4)5)79(83)73-71-69-67-65-63-61-59-57-55-53-51-49-47-45-37-35-33-31-29-27-25-23-21-19-17-15-13-11-9-7-2/h8,10,14,16,20,22,26,28,55,57,63,65,71,73,78-79,83H,6-7,9,11-13,15,17-19,21,23-25,27,29-54,56,58-62,64,66-70,72,74-77H2,1-5H3,(H-,81,84,85,86)/p+1/b10-8-,16-14-,22-20-,28-26-,57-55+,65-63+,73-71+. The molecule has 0 aromatic heterocycles. The molecule has 0 aromatic carbocycles. The maximum atomic E-state index is 13.1. The van der Waals surface area contributed by atoms with Gasteiger partial charge in [-0.3, -0.25) is 13.8 Å². The monoisotopic (exact) mass is 1270 g/mol. The predicted octanol–water partition coefficient (Wildman–Crippen LogP) is 25.1. The van der Waals surface area contributed by atoms with Gasteiger partial charge in [0.15, 0.2) is 0 Å². The number of hydrogen-bond donors (Lipinski definition) is 3. The first kappa shape index (κ1) is 86.7. The van der Waals surface area contributed by atoms with Gasteiger partial charge in [0.25, 0.3) is 0 Å². The van der Waals surface area contributed by atoms with Crippen molar-refractivity contribution in [3.63, 3.8) is 0 Å². The number of nitrogens with zero attached hydrogens (tertiary/aromatic N) is 1. The van der Waals surface area contributed by atoms with E-state index in [2.05, 4.69) is 92.1 Å². The maximum absolute atomic E-state index is 13.1. The molecule has 9 heteroatoms. The summed E-state index contributed by atoms with van der Waals surface area (Å²) in [5.74, 6) is -0.185. The van der Waals surface area contributed by atoms with Crippen molar-refractivity contribution in [3.05, 3.63) is 85.1 Å². The van der Waals surface area contributed by atoms with Crippen LogP contribution < -0.4 is 5.32 Å². The van der Waals surface area contributed by atoms with E-state index in [1.54, 1.807) is 6.08 Å². The van der Waals surface area contributed by atoms with Gasteiger partial charge < -0.3 is 19.8 Å².